The lowest BCUT2D eigenvalue weighted by atomic mass is 9.51. The van der Waals surface area contributed by atoms with E-state index >= 15 is 0 Å². The lowest BCUT2D eigenvalue weighted by Crippen LogP contribution is -2.09. The van der Waals surface area contributed by atoms with E-state index in [2.05, 4.69) is 0 Å². The maximum Gasteiger partial charge on any atom is 0.167 e. The largest absolute Gasteiger partial charge is 0.203 e. The molecule has 0 aliphatic carbocycles. The molecule has 110 valence electrons. The summed E-state index contributed by atoms with van der Waals surface area (Å²) in [5, 5.41) is 0. The molecular weight excluding hydrogens is 279 g/mol. The molecule has 0 unspecified atom stereocenters. The van der Waals surface area contributed by atoms with Crippen LogP contribution in [0.15, 0.2) is 24.3 Å². The lowest BCUT2D eigenvalue weighted by Gasteiger charge is -2.11. The molecule has 21 heavy (non-hydrogen) atoms. The highest BCUT2D eigenvalue weighted by molar-refractivity contribution is 6.55. The van der Waals surface area contributed by atoms with Gasteiger partial charge in [0.2, 0.25) is 0 Å². The van der Waals surface area contributed by atoms with E-state index in [1.54, 1.807) is 0 Å². The molecule has 0 aliphatic heterocycles. The summed E-state index contributed by atoms with van der Waals surface area (Å²) in [6.07, 6.45) is 0.383. The molecule has 5 heteroatoms. The third-order valence-electron chi connectivity index (χ3n) is 3.36. The first-order valence-corrected chi connectivity index (χ1v) is 6.74. The van der Waals surface area contributed by atoms with Crippen LogP contribution in [0.1, 0.15) is 11.1 Å². The molecule has 0 radical (unpaired) electrons. The fraction of sp³-hybridized carbons (Fsp3) is 0.250. The van der Waals surface area contributed by atoms with Gasteiger partial charge in [-0.3, -0.25) is 0 Å². The van der Waals surface area contributed by atoms with Crippen LogP contribution in [0.3, 0.4) is 0 Å². The van der Waals surface area contributed by atoms with Crippen molar-refractivity contribution in [3.63, 3.8) is 0 Å². The normalized spacial score (nSPS) is 10.8. The van der Waals surface area contributed by atoms with Crippen molar-refractivity contribution in [3.8, 4) is 11.1 Å². The molecule has 0 aromatic heterocycles. The van der Waals surface area contributed by atoms with Gasteiger partial charge >= 0.3 is 0 Å². The van der Waals surface area contributed by atoms with Crippen LogP contribution < -0.4 is 0 Å². The smallest absolute Gasteiger partial charge is 0.167 e. The van der Waals surface area contributed by atoms with Gasteiger partial charge in [0.15, 0.2) is 23.3 Å². The third-order valence-corrected chi connectivity index (χ3v) is 3.36. The zero-order valence-corrected chi connectivity index (χ0v) is 12.1. The van der Waals surface area contributed by atoms with E-state index in [4.69, 9.17) is 0 Å². The summed E-state index contributed by atoms with van der Waals surface area (Å²) >= 11 is 0. The number of benzene rings is 2. The fourth-order valence-corrected chi connectivity index (χ4v) is 2.25. The van der Waals surface area contributed by atoms with Crippen LogP contribution in [0.5, 0.6) is 0 Å². The Morgan fingerprint density at radius 2 is 1.29 bits per heavy atom. The van der Waals surface area contributed by atoms with E-state index in [1.165, 1.54) is 31.2 Å². The number of aryl methyl sites for hydroxylation is 1. The maximum atomic E-state index is 14.1. The van der Waals surface area contributed by atoms with Crippen molar-refractivity contribution in [2.24, 2.45) is 0 Å². The molecule has 0 amide bonds. The zero-order chi connectivity index (χ0) is 15.7. The highest BCUT2D eigenvalue weighted by Gasteiger charge is 2.20. The predicted octanol–water partition coefficient (Wildman–Crippen LogP) is 5.05. The van der Waals surface area contributed by atoms with Crippen molar-refractivity contribution in [1.29, 1.82) is 0 Å². The monoisotopic (exact) mass is 294 g/mol. The van der Waals surface area contributed by atoms with Crippen LogP contribution >= 0.6 is 0 Å². The minimum atomic E-state index is -1.16. The molecule has 0 heterocycles. The van der Waals surface area contributed by atoms with Gasteiger partial charge in [-0.1, -0.05) is 37.9 Å². The summed E-state index contributed by atoms with van der Waals surface area (Å²) in [6, 6.07) is 5.31. The Labute approximate surface area is 121 Å². The zero-order valence-electron chi connectivity index (χ0n) is 12.1. The molecule has 2 rings (SSSR count). The van der Waals surface area contributed by atoms with Gasteiger partial charge in [-0.2, -0.15) is 0 Å². The van der Waals surface area contributed by atoms with Gasteiger partial charge in [-0.25, -0.2) is 17.6 Å². The van der Waals surface area contributed by atoms with Crippen LogP contribution in [0.4, 0.5) is 17.6 Å². The molecule has 0 bridgehead atoms. The van der Waals surface area contributed by atoms with Crippen LogP contribution in [-0.4, -0.2) is 6.71 Å². The van der Waals surface area contributed by atoms with Crippen molar-refractivity contribution < 1.29 is 17.6 Å². The summed E-state index contributed by atoms with van der Waals surface area (Å²) in [4.78, 5) is 0. The molecule has 0 nitrogen and oxygen atoms in total. The van der Waals surface area contributed by atoms with Crippen molar-refractivity contribution in [2.45, 2.75) is 26.9 Å². The minimum Gasteiger partial charge on any atom is -0.203 e. The first kappa shape index (κ1) is 15.6. The molecule has 0 N–H and O–H groups in total. The topological polar surface area (TPSA) is 0 Å². The summed E-state index contributed by atoms with van der Waals surface area (Å²) in [5.74, 6) is -4.35. The molecule has 2 aromatic rings. The van der Waals surface area contributed by atoms with Gasteiger partial charge in [0.25, 0.3) is 0 Å². The molecule has 0 atom stereocenters. The Bertz CT molecular complexity index is 680. The molecule has 0 aliphatic rings. The van der Waals surface area contributed by atoms with E-state index in [0.717, 1.165) is 0 Å². The van der Waals surface area contributed by atoms with Crippen LogP contribution in [0, 0.1) is 30.2 Å². The van der Waals surface area contributed by atoms with Gasteiger partial charge < -0.3 is 0 Å². The predicted molar refractivity (Wildman–Crippen MR) is 77.6 cm³/mol. The molecule has 0 saturated heterocycles. The summed E-state index contributed by atoms with van der Waals surface area (Å²) < 4.78 is 55.7. The van der Waals surface area contributed by atoms with Gasteiger partial charge in [0.1, 0.15) is 6.71 Å². The molecule has 0 saturated carbocycles. The Kier molecular flexibility index (Phi) is 4.40. The number of rotatable bonds is 3. The Morgan fingerprint density at radius 1 is 0.762 bits per heavy atom. The SMILES string of the molecule is CB(C)Cc1ccc(-c2ccc(C)c(F)c2F)c(F)c1F. The summed E-state index contributed by atoms with van der Waals surface area (Å²) in [5.41, 5.74) is -0.185. The fourth-order valence-electron chi connectivity index (χ4n) is 2.25. The first-order valence-electron chi connectivity index (χ1n) is 6.74. The Balaban J connectivity index is 2.56. The highest BCUT2D eigenvalue weighted by atomic mass is 19.2. The van der Waals surface area contributed by atoms with E-state index in [1.807, 2.05) is 13.6 Å². The molecular formula is C16H15BF4. The maximum absolute atomic E-state index is 14.1. The van der Waals surface area contributed by atoms with Crippen LogP contribution in [0.2, 0.25) is 13.6 Å². The van der Waals surface area contributed by atoms with E-state index in [-0.39, 0.29) is 29.0 Å². The average Bonchev–Trinajstić information content (AvgIpc) is 2.42. The van der Waals surface area contributed by atoms with Crippen molar-refractivity contribution in [3.05, 3.63) is 58.7 Å². The van der Waals surface area contributed by atoms with Crippen molar-refractivity contribution in [2.75, 3.05) is 0 Å². The molecule has 2 aromatic carbocycles. The second-order valence-corrected chi connectivity index (χ2v) is 5.56. The molecule has 0 fully saturated rings. The van der Waals surface area contributed by atoms with Crippen molar-refractivity contribution in [1.82, 2.24) is 0 Å². The van der Waals surface area contributed by atoms with Gasteiger partial charge in [-0.15, -0.1) is 0 Å². The second-order valence-electron chi connectivity index (χ2n) is 5.56. The minimum absolute atomic E-state index is 0.119. The standard InChI is InChI=1S/C16H15BF4/c1-9-4-6-11(15(20)13(9)18)12-7-5-10(8-17(2)3)14(19)16(12)21/h4-7H,8H2,1-3H3. The average molecular weight is 294 g/mol. The number of halogens is 4. The second kappa shape index (κ2) is 5.92. The van der Waals surface area contributed by atoms with Crippen LogP contribution in [0.25, 0.3) is 11.1 Å². The Morgan fingerprint density at radius 3 is 1.86 bits per heavy atom. The quantitative estimate of drug-likeness (QED) is 0.548. The van der Waals surface area contributed by atoms with E-state index < -0.39 is 23.3 Å². The highest BCUT2D eigenvalue weighted by Crippen LogP contribution is 2.30. The van der Waals surface area contributed by atoms with Crippen LogP contribution in [-0.2, 0) is 6.32 Å². The lowest BCUT2D eigenvalue weighted by molar-refractivity contribution is 0.495. The third kappa shape index (κ3) is 2.97. The number of hydrogen-bond acceptors (Lipinski definition) is 0. The summed E-state index contributed by atoms with van der Waals surface area (Å²) in [7, 11) is 0. The van der Waals surface area contributed by atoms with E-state index in [9.17, 15) is 17.6 Å². The summed E-state index contributed by atoms with van der Waals surface area (Å²) in [6.45, 7) is 5.35. The first-order chi connectivity index (χ1) is 9.82. The van der Waals surface area contributed by atoms with Crippen molar-refractivity contribution >= 4 is 6.71 Å². The molecule has 0 spiro atoms. The van der Waals surface area contributed by atoms with Gasteiger partial charge in [0, 0.05) is 11.1 Å². The Hall–Kier alpha value is -1.78. The van der Waals surface area contributed by atoms with Gasteiger partial charge in [-0.05, 0) is 24.4 Å². The number of hydrogen-bond donors (Lipinski definition) is 0. The van der Waals surface area contributed by atoms with Gasteiger partial charge in [0.05, 0.1) is 0 Å². The van der Waals surface area contributed by atoms with E-state index in [0.29, 0.717) is 6.32 Å².